The van der Waals surface area contributed by atoms with Gasteiger partial charge >= 0.3 is 5.97 Å². The maximum absolute atomic E-state index is 11.0. The quantitative estimate of drug-likeness (QED) is 0.439. The van der Waals surface area contributed by atoms with Gasteiger partial charge in [-0.2, -0.15) is 12.6 Å². The Morgan fingerprint density at radius 3 is 2.80 bits per heavy atom. The van der Waals surface area contributed by atoms with Crippen LogP contribution in [-0.4, -0.2) is 30.5 Å². The molecule has 0 aromatic carbocycles. The molecule has 0 N–H and O–H groups in total. The van der Waals surface area contributed by atoms with Crippen LogP contribution >= 0.6 is 12.6 Å². The fourth-order valence-electron chi connectivity index (χ4n) is 2.48. The molecule has 0 bridgehead atoms. The van der Waals surface area contributed by atoms with Crippen molar-refractivity contribution in [3.8, 4) is 0 Å². The number of carbonyl (C=O) groups is 1. The van der Waals surface area contributed by atoms with Crippen LogP contribution in [0.4, 0.5) is 0 Å². The summed E-state index contributed by atoms with van der Waals surface area (Å²) in [6.45, 7) is 4.07. The van der Waals surface area contributed by atoms with Gasteiger partial charge in [-0.25, -0.2) is 4.79 Å². The second-order valence-electron chi connectivity index (χ2n) is 4.12. The van der Waals surface area contributed by atoms with Gasteiger partial charge < -0.3 is 9.47 Å². The fraction of sp³-hybridized carbons (Fsp3) is 0.727. The van der Waals surface area contributed by atoms with Gasteiger partial charge in [0, 0.05) is 17.7 Å². The molecule has 4 atom stereocenters. The van der Waals surface area contributed by atoms with Gasteiger partial charge in [0.1, 0.15) is 6.10 Å². The Morgan fingerprint density at radius 1 is 1.47 bits per heavy atom. The highest BCUT2D eigenvalue weighted by Crippen LogP contribution is 2.53. The molecule has 0 aromatic heterocycles. The van der Waals surface area contributed by atoms with Gasteiger partial charge in [-0.3, -0.25) is 0 Å². The van der Waals surface area contributed by atoms with Crippen LogP contribution in [0.3, 0.4) is 0 Å². The first-order valence-electron chi connectivity index (χ1n) is 5.31. The van der Waals surface area contributed by atoms with Crippen molar-refractivity contribution >= 4 is 18.6 Å². The van der Waals surface area contributed by atoms with E-state index in [-0.39, 0.29) is 18.2 Å². The van der Waals surface area contributed by atoms with Gasteiger partial charge in [-0.15, -0.1) is 0 Å². The molecule has 4 unspecified atom stereocenters. The van der Waals surface area contributed by atoms with E-state index in [1.165, 1.54) is 6.08 Å². The summed E-state index contributed by atoms with van der Waals surface area (Å²) in [6.07, 6.45) is 3.65. The average Bonchev–Trinajstić information content (AvgIpc) is 2.21. The number of hydrogen-bond donors (Lipinski definition) is 1. The minimum absolute atomic E-state index is 0.0548. The first kappa shape index (κ1) is 11.0. The Hall–Kier alpha value is -0.480. The normalized spacial score (nSPS) is 37.1. The van der Waals surface area contributed by atoms with E-state index in [2.05, 4.69) is 19.2 Å². The summed E-state index contributed by atoms with van der Waals surface area (Å²) >= 11 is 4.10. The van der Waals surface area contributed by atoms with E-state index in [1.807, 2.05) is 0 Å². The number of thiol groups is 1. The minimum Gasteiger partial charge on any atom is -0.459 e. The molecule has 0 amide bonds. The molecule has 0 saturated heterocycles. The smallest absolute Gasteiger partial charge is 0.330 e. The van der Waals surface area contributed by atoms with Gasteiger partial charge in [-0.05, 0) is 18.8 Å². The molecule has 0 aliphatic heterocycles. The Labute approximate surface area is 95.2 Å². The summed E-state index contributed by atoms with van der Waals surface area (Å²) in [5, 5.41) is 0. The zero-order valence-electron chi connectivity index (χ0n) is 8.59. The molecule has 0 heterocycles. The lowest BCUT2D eigenvalue weighted by Crippen LogP contribution is -2.60. The number of fused-ring (bicyclic) bond motifs is 1. The third kappa shape index (κ3) is 2.06. The Bertz CT molecular complexity index is 267. The number of esters is 1. The monoisotopic (exact) mass is 228 g/mol. The Kier molecular flexibility index (Phi) is 3.36. The van der Waals surface area contributed by atoms with Crippen molar-refractivity contribution in [1.82, 2.24) is 0 Å². The van der Waals surface area contributed by atoms with E-state index in [1.54, 1.807) is 0 Å². The summed E-state index contributed by atoms with van der Waals surface area (Å²) in [6, 6.07) is 0. The van der Waals surface area contributed by atoms with Crippen molar-refractivity contribution in [2.45, 2.75) is 25.0 Å². The number of ether oxygens (including phenoxy) is 2. The van der Waals surface area contributed by atoms with Gasteiger partial charge in [0.05, 0.1) is 12.7 Å². The van der Waals surface area contributed by atoms with E-state index in [9.17, 15) is 4.79 Å². The second-order valence-corrected chi connectivity index (χ2v) is 4.57. The molecular formula is C11H16O3S. The molecule has 4 heteroatoms. The molecule has 0 spiro atoms. The first-order valence-corrected chi connectivity index (χ1v) is 5.95. The molecule has 2 fully saturated rings. The average molecular weight is 228 g/mol. The molecule has 0 aromatic rings. The van der Waals surface area contributed by atoms with Crippen molar-refractivity contribution in [3.63, 3.8) is 0 Å². The third-order valence-electron chi connectivity index (χ3n) is 3.33. The highest BCUT2D eigenvalue weighted by atomic mass is 32.1. The van der Waals surface area contributed by atoms with Crippen molar-refractivity contribution < 1.29 is 14.3 Å². The van der Waals surface area contributed by atoms with Crippen LogP contribution in [0.25, 0.3) is 0 Å². The molecule has 84 valence electrons. The zero-order chi connectivity index (χ0) is 10.8. The standard InChI is InChI=1S/C11H16O3S/c1-2-10(12)14-9-6-7-5-8(11(7)9)13-3-4-15/h2,7-9,11,15H,1,3-6H2. The number of carbonyl (C=O) groups excluding carboxylic acids is 1. The van der Waals surface area contributed by atoms with Crippen LogP contribution in [0, 0.1) is 11.8 Å². The lowest BCUT2D eigenvalue weighted by molar-refractivity contribution is -0.212. The molecular weight excluding hydrogens is 212 g/mol. The SMILES string of the molecule is C=CC(=O)OC1CC2CC(OCCS)C21. The number of hydrogen-bond acceptors (Lipinski definition) is 4. The summed E-state index contributed by atoms with van der Waals surface area (Å²) in [5.41, 5.74) is 0. The van der Waals surface area contributed by atoms with Crippen LogP contribution in [0.15, 0.2) is 12.7 Å². The predicted molar refractivity (Wildman–Crippen MR) is 59.9 cm³/mol. The fourth-order valence-corrected chi connectivity index (χ4v) is 2.59. The van der Waals surface area contributed by atoms with Gasteiger partial charge in [0.2, 0.25) is 0 Å². The molecule has 2 saturated carbocycles. The van der Waals surface area contributed by atoms with E-state index < -0.39 is 0 Å². The topological polar surface area (TPSA) is 35.5 Å². The van der Waals surface area contributed by atoms with Crippen molar-refractivity contribution in [3.05, 3.63) is 12.7 Å². The maximum Gasteiger partial charge on any atom is 0.330 e. The van der Waals surface area contributed by atoms with E-state index in [0.717, 1.165) is 18.6 Å². The molecule has 15 heavy (non-hydrogen) atoms. The van der Waals surface area contributed by atoms with Crippen molar-refractivity contribution in [2.24, 2.45) is 11.8 Å². The first-order chi connectivity index (χ1) is 7.26. The predicted octanol–water partition coefficient (Wildman–Crippen LogP) is 1.44. The largest absolute Gasteiger partial charge is 0.459 e. The Morgan fingerprint density at radius 2 is 2.20 bits per heavy atom. The van der Waals surface area contributed by atoms with E-state index in [4.69, 9.17) is 9.47 Å². The van der Waals surface area contributed by atoms with Crippen molar-refractivity contribution in [1.29, 1.82) is 0 Å². The summed E-state index contributed by atoms with van der Waals surface area (Å²) < 4.78 is 10.8. The minimum atomic E-state index is -0.321. The summed E-state index contributed by atoms with van der Waals surface area (Å²) in [4.78, 5) is 11.0. The zero-order valence-corrected chi connectivity index (χ0v) is 9.49. The third-order valence-corrected chi connectivity index (χ3v) is 3.51. The van der Waals surface area contributed by atoms with Crippen LogP contribution < -0.4 is 0 Å². The Balaban J connectivity index is 1.76. The van der Waals surface area contributed by atoms with Crippen molar-refractivity contribution in [2.75, 3.05) is 12.4 Å². The van der Waals surface area contributed by atoms with Crippen LogP contribution in [-0.2, 0) is 14.3 Å². The lowest BCUT2D eigenvalue weighted by atomic mass is 9.55. The molecule has 2 aliphatic carbocycles. The van der Waals surface area contributed by atoms with Gasteiger partial charge in [-0.1, -0.05) is 6.58 Å². The maximum atomic E-state index is 11.0. The van der Waals surface area contributed by atoms with Crippen LogP contribution in [0.1, 0.15) is 12.8 Å². The van der Waals surface area contributed by atoms with Crippen LogP contribution in [0.2, 0.25) is 0 Å². The molecule has 2 rings (SSSR count). The molecule has 0 radical (unpaired) electrons. The second kappa shape index (κ2) is 4.58. The molecule has 2 aliphatic rings. The highest BCUT2D eigenvalue weighted by molar-refractivity contribution is 7.80. The number of rotatable bonds is 5. The highest BCUT2D eigenvalue weighted by Gasteiger charge is 2.56. The molecule has 3 nitrogen and oxygen atoms in total. The lowest BCUT2D eigenvalue weighted by Gasteiger charge is -2.56. The van der Waals surface area contributed by atoms with Crippen LogP contribution in [0.5, 0.6) is 0 Å². The van der Waals surface area contributed by atoms with Gasteiger partial charge in [0.25, 0.3) is 0 Å². The summed E-state index contributed by atoms with van der Waals surface area (Å²) in [7, 11) is 0. The van der Waals surface area contributed by atoms with E-state index >= 15 is 0 Å². The van der Waals surface area contributed by atoms with E-state index in [0.29, 0.717) is 18.4 Å². The summed E-state index contributed by atoms with van der Waals surface area (Å²) in [5.74, 6) is 1.55. The van der Waals surface area contributed by atoms with Gasteiger partial charge in [0.15, 0.2) is 0 Å².